The fourth-order valence-electron chi connectivity index (χ4n) is 4.86. The number of aromatic nitrogens is 2. The van der Waals surface area contributed by atoms with Gasteiger partial charge in [-0.3, -0.25) is 4.79 Å². The van der Waals surface area contributed by atoms with Crippen molar-refractivity contribution in [2.45, 2.75) is 30.8 Å². The molecule has 1 aliphatic heterocycles. The van der Waals surface area contributed by atoms with E-state index in [9.17, 15) is 9.90 Å². The molecular formula is C23H23N3O2. The Kier molecular flexibility index (Phi) is 4.05. The quantitative estimate of drug-likeness (QED) is 0.751. The van der Waals surface area contributed by atoms with Crippen molar-refractivity contribution in [3.05, 3.63) is 83.7 Å². The third-order valence-corrected chi connectivity index (χ3v) is 6.41. The number of piperidine rings is 1. The summed E-state index contributed by atoms with van der Waals surface area (Å²) in [4.78, 5) is 15.0. The summed E-state index contributed by atoms with van der Waals surface area (Å²) in [6, 6.07) is 17.8. The topological polar surface area (TPSA) is 58.4 Å². The Morgan fingerprint density at radius 2 is 1.89 bits per heavy atom. The second kappa shape index (κ2) is 6.60. The number of rotatable bonds is 2. The van der Waals surface area contributed by atoms with Crippen LogP contribution in [0.5, 0.6) is 0 Å². The number of nitrogens with zero attached hydrogens (tertiary/aromatic N) is 3. The highest BCUT2D eigenvalue weighted by Crippen LogP contribution is 2.46. The molecule has 1 saturated heterocycles. The lowest BCUT2D eigenvalue weighted by Gasteiger charge is -2.42. The molecule has 2 aromatic carbocycles. The summed E-state index contributed by atoms with van der Waals surface area (Å²) in [5.41, 5.74) is 3.88. The summed E-state index contributed by atoms with van der Waals surface area (Å²) < 4.78 is 1.76. The molecule has 0 bridgehead atoms. The van der Waals surface area contributed by atoms with Gasteiger partial charge in [-0.05, 0) is 54.7 Å². The Bertz CT molecular complexity index is 1000. The van der Waals surface area contributed by atoms with Crippen LogP contribution in [0.1, 0.15) is 34.3 Å². The number of benzene rings is 2. The van der Waals surface area contributed by atoms with E-state index in [0.717, 1.165) is 24.9 Å². The molecule has 1 fully saturated rings. The van der Waals surface area contributed by atoms with Crippen LogP contribution in [-0.4, -0.2) is 44.9 Å². The first-order valence-electron chi connectivity index (χ1n) is 9.83. The van der Waals surface area contributed by atoms with E-state index in [1.54, 1.807) is 10.9 Å². The minimum absolute atomic E-state index is 0.0460. The van der Waals surface area contributed by atoms with Crippen molar-refractivity contribution in [2.24, 2.45) is 0 Å². The molecule has 5 heteroatoms. The summed E-state index contributed by atoms with van der Waals surface area (Å²) in [7, 11) is 0. The van der Waals surface area contributed by atoms with Gasteiger partial charge in [0.25, 0.3) is 5.91 Å². The molecule has 0 radical (unpaired) electrons. The summed E-state index contributed by atoms with van der Waals surface area (Å²) in [6.07, 6.45) is 5.56. The van der Waals surface area contributed by atoms with Crippen LogP contribution in [0, 0.1) is 0 Å². The van der Waals surface area contributed by atoms with Crippen LogP contribution in [0.15, 0.2) is 67.0 Å². The minimum Gasteiger partial charge on any atom is -0.392 e. The maximum Gasteiger partial charge on any atom is 0.253 e. The van der Waals surface area contributed by atoms with E-state index in [1.165, 1.54) is 11.1 Å². The number of hydrogen-bond acceptors (Lipinski definition) is 3. The van der Waals surface area contributed by atoms with Crippen molar-refractivity contribution in [1.29, 1.82) is 0 Å². The van der Waals surface area contributed by atoms with Gasteiger partial charge in [-0.25, -0.2) is 4.68 Å². The number of aliphatic hydroxyl groups is 1. The van der Waals surface area contributed by atoms with E-state index in [2.05, 4.69) is 23.3 Å². The van der Waals surface area contributed by atoms with Gasteiger partial charge >= 0.3 is 0 Å². The van der Waals surface area contributed by atoms with Crippen LogP contribution in [0.25, 0.3) is 5.69 Å². The lowest BCUT2D eigenvalue weighted by Crippen LogP contribution is -2.49. The summed E-state index contributed by atoms with van der Waals surface area (Å²) in [5.74, 6) is 0.0460. The molecular weight excluding hydrogens is 350 g/mol. The highest BCUT2D eigenvalue weighted by molar-refractivity contribution is 5.94. The summed E-state index contributed by atoms with van der Waals surface area (Å²) in [5, 5.41) is 15.0. The molecule has 1 amide bonds. The van der Waals surface area contributed by atoms with Gasteiger partial charge in [0.2, 0.25) is 0 Å². The molecule has 0 unspecified atom stereocenters. The van der Waals surface area contributed by atoms with Crippen molar-refractivity contribution in [3.63, 3.8) is 0 Å². The average Bonchev–Trinajstić information content (AvgIpc) is 3.36. The van der Waals surface area contributed by atoms with Gasteiger partial charge in [0.1, 0.15) is 0 Å². The largest absolute Gasteiger partial charge is 0.392 e. The van der Waals surface area contributed by atoms with E-state index in [-0.39, 0.29) is 17.4 Å². The van der Waals surface area contributed by atoms with E-state index in [0.29, 0.717) is 18.7 Å². The molecule has 1 aromatic heterocycles. The molecule has 2 aliphatic rings. The zero-order valence-corrected chi connectivity index (χ0v) is 15.7. The number of fused-ring (bicyclic) bond motifs is 2. The maximum absolute atomic E-state index is 13.1. The van der Waals surface area contributed by atoms with Crippen molar-refractivity contribution >= 4 is 5.91 Å². The SMILES string of the molecule is O=C(c1cccc(-n2cccn2)c1)N1CCC2(CC1)c1ccccc1C[C@@H]2O. The normalized spacial score (nSPS) is 20.3. The van der Waals surface area contributed by atoms with Crippen molar-refractivity contribution < 1.29 is 9.90 Å². The van der Waals surface area contributed by atoms with Crippen LogP contribution < -0.4 is 0 Å². The van der Waals surface area contributed by atoms with Gasteiger partial charge in [0.15, 0.2) is 0 Å². The number of carbonyl (C=O) groups excluding carboxylic acids is 1. The van der Waals surface area contributed by atoms with Crippen LogP contribution in [0.4, 0.5) is 0 Å². The van der Waals surface area contributed by atoms with Gasteiger partial charge in [-0.2, -0.15) is 5.10 Å². The molecule has 28 heavy (non-hydrogen) atoms. The fraction of sp³-hybridized carbons (Fsp3) is 0.304. The Morgan fingerprint density at radius 1 is 1.07 bits per heavy atom. The predicted octanol–water partition coefficient (Wildman–Crippen LogP) is 2.96. The van der Waals surface area contributed by atoms with Crippen LogP contribution >= 0.6 is 0 Å². The zero-order valence-electron chi connectivity index (χ0n) is 15.7. The molecule has 5 nitrogen and oxygen atoms in total. The standard InChI is InChI=1S/C23H23N3O2/c27-21-16-17-5-1-2-8-20(17)23(21)9-13-25(14-10-23)22(28)18-6-3-7-19(15-18)26-12-4-11-24-26/h1-8,11-12,15,21,27H,9-10,13-14,16H2/t21-/m0/s1. The van der Waals surface area contributed by atoms with E-state index < -0.39 is 0 Å². The first-order valence-corrected chi connectivity index (χ1v) is 9.83. The van der Waals surface area contributed by atoms with E-state index >= 15 is 0 Å². The number of carbonyl (C=O) groups is 1. The lowest BCUT2D eigenvalue weighted by molar-refractivity contribution is 0.0365. The monoisotopic (exact) mass is 373 g/mol. The highest BCUT2D eigenvalue weighted by atomic mass is 16.3. The third kappa shape index (κ3) is 2.66. The van der Waals surface area contributed by atoms with Crippen molar-refractivity contribution in [3.8, 4) is 5.69 Å². The second-order valence-corrected chi connectivity index (χ2v) is 7.83. The van der Waals surface area contributed by atoms with Gasteiger partial charge < -0.3 is 10.0 Å². The number of aliphatic hydroxyl groups excluding tert-OH is 1. The zero-order chi connectivity index (χ0) is 19.1. The molecule has 142 valence electrons. The fourth-order valence-corrected chi connectivity index (χ4v) is 4.86. The molecule has 5 rings (SSSR count). The Hall–Kier alpha value is -2.92. The maximum atomic E-state index is 13.1. The molecule has 3 aromatic rings. The van der Waals surface area contributed by atoms with Crippen molar-refractivity contribution in [2.75, 3.05) is 13.1 Å². The average molecular weight is 373 g/mol. The second-order valence-electron chi connectivity index (χ2n) is 7.83. The lowest BCUT2D eigenvalue weighted by atomic mass is 9.72. The van der Waals surface area contributed by atoms with Gasteiger partial charge in [0, 0.05) is 36.5 Å². The summed E-state index contributed by atoms with van der Waals surface area (Å²) in [6.45, 7) is 1.33. The minimum atomic E-state index is -0.356. The van der Waals surface area contributed by atoms with E-state index in [1.807, 2.05) is 47.5 Å². The molecule has 1 aliphatic carbocycles. The Labute approximate surface area is 164 Å². The van der Waals surface area contributed by atoms with Crippen LogP contribution in [0.3, 0.4) is 0 Å². The van der Waals surface area contributed by atoms with Gasteiger partial charge in [-0.15, -0.1) is 0 Å². The smallest absolute Gasteiger partial charge is 0.253 e. The number of amides is 1. The van der Waals surface area contributed by atoms with Crippen molar-refractivity contribution in [1.82, 2.24) is 14.7 Å². The van der Waals surface area contributed by atoms with E-state index in [4.69, 9.17) is 0 Å². The Morgan fingerprint density at radius 3 is 2.68 bits per heavy atom. The third-order valence-electron chi connectivity index (χ3n) is 6.41. The molecule has 1 spiro atoms. The van der Waals surface area contributed by atoms with Crippen LogP contribution in [-0.2, 0) is 11.8 Å². The first kappa shape index (κ1) is 17.2. The van der Waals surface area contributed by atoms with Gasteiger partial charge in [0.05, 0.1) is 11.8 Å². The number of likely N-dealkylation sites (tertiary alicyclic amines) is 1. The first-order chi connectivity index (χ1) is 13.7. The number of hydrogen-bond donors (Lipinski definition) is 1. The van der Waals surface area contributed by atoms with Gasteiger partial charge in [-0.1, -0.05) is 30.3 Å². The molecule has 2 heterocycles. The molecule has 0 saturated carbocycles. The van der Waals surface area contributed by atoms with Crippen LogP contribution in [0.2, 0.25) is 0 Å². The Balaban J connectivity index is 1.35. The summed E-state index contributed by atoms with van der Waals surface area (Å²) >= 11 is 0. The molecule has 1 N–H and O–H groups in total. The predicted molar refractivity (Wildman–Crippen MR) is 107 cm³/mol. The molecule has 1 atom stereocenters. The highest BCUT2D eigenvalue weighted by Gasteiger charge is 2.48.